The van der Waals surface area contributed by atoms with E-state index in [2.05, 4.69) is 74.7 Å². The summed E-state index contributed by atoms with van der Waals surface area (Å²) in [6.45, 7) is 6.71. The van der Waals surface area contributed by atoms with Crippen LogP contribution in [0.3, 0.4) is 0 Å². The number of nitrogens with zero attached hydrogens (tertiary/aromatic N) is 1. The van der Waals surface area contributed by atoms with E-state index in [0.717, 1.165) is 77.0 Å². The van der Waals surface area contributed by atoms with Gasteiger partial charge in [0.05, 0.1) is 33.8 Å². The maximum Gasteiger partial charge on any atom is 0.306 e. The first-order valence-electron chi connectivity index (χ1n) is 30.6. The third-order valence-electron chi connectivity index (χ3n) is 13.5. The lowest BCUT2D eigenvalue weighted by Crippen LogP contribution is -2.47. The number of likely N-dealkylation sites (N-methyl/N-ethyl adjacent to an activating group) is 1. The average Bonchev–Trinajstić information content (AvgIpc) is 3.35. The highest BCUT2D eigenvalue weighted by molar-refractivity contribution is 7.45. The molecule has 3 unspecified atom stereocenters. The zero-order valence-electron chi connectivity index (χ0n) is 48.6. The van der Waals surface area contributed by atoms with E-state index in [-0.39, 0.29) is 24.9 Å². The monoisotopic (exact) mass is 1040 g/mol. The molecule has 0 aromatic heterocycles. The molecule has 0 bridgehead atoms. The van der Waals surface area contributed by atoms with Gasteiger partial charge in [-0.25, -0.2) is 0 Å². The van der Waals surface area contributed by atoms with Gasteiger partial charge >= 0.3 is 5.97 Å². The minimum absolute atomic E-state index is 0.0261. The molecule has 3 atom stereocenters. The van der Waals surface area contributed by atoms with Crippen molar-refractivity contribution >= 4 is 19.7 Å². The quantitative estimate of drug-likeness (QED) is 0.0161. The van der Waals surface area contributed by atoms with Crippen LogP contribution in [0.2, 0.25) is 0 Å². The molecule has 0 aliphatic carbocycles. The van der Waals surface area contributed by atoms with Crippen LogP contribution in [-0.4, -0.2) is 69.4 Å². The van der Waals surface area contributed by atoms with E-state index in [1.165, 1.54) is 167 Å². The summed E-state index contributed by atoms with van der Waals surface area (Å²) in [5.41, 5.74) is 0. The fourth-order valence-corrected chi connectivity index (χ4v) is 9.48. The highest BCUT2D eigenvalue weighted by Gasteiger charge is 2.27. The summed E-state index contributed by atoms with van der Waals surface area (Å²) >= 11 is 0. The van der Waals surface area contributed by atoms with Gasteiger partial charge in [0, 0.05) is 12.8 Å². The van der Waals surface area contributed by atoms with Gasteiger partial charge in [-0.15, -0.1) is 0 Å². The molecule has 10 heteroatoms. The van der Waals surface area contributed by atoms with E-state index in [1.807, 2.05) is 33.3 Å². The number of rotatable bonds is 55. The van der Waals surface area contributed by atoms with E-state index < -0.39 is 26.6 Å². The molecule has 9 nitrogen and oxygen atoms in total. The summed E-state index contributed by atoms with van der Waals surface area (Å²) in [6.07, 6.45) is 66.1. The molecule has 0 heterocycles. The summed E-state index contributed by atoms with van der Waals surface area (Å²) in [7, 11) is 1.17. The van der Waals surface area contributed by atoms with Crippen LogP contribution in [0.4, 0.5) is 0 Å². The molecule has 0 aromatic rings. The van der Waals surface area contributed by atoms with Crippen molar-refractivity contribution in [1.82, 2.24) is 5.32 Å². The third kappa shape index (κ3) is 54.3. The molecule has 0 radical (unpaired) electrons. The van der Waals surface area contributed by atoms with Gasteiger partial charge in [0.2, 0.25) is 5.91 Å². The summed E-state index contributed by atoms with van der Waals surface area (Å²) in [4.78, 5) is 40.0. The standard InChI is InChI=1S/C63H117N2O7P/c1-7-10-13-16-19-22-25-28-30-31-32-33-35-38-41-44-47-50-53-56-63(67)72-61(54-51-48-45-42-39-36-27-24-21-18-15-12-9-3)60(59-71-73(68,69)70-58-57-65(4,5)6)64-62(66)55-52-49-46-43-40-37-34-29-26-23-20-17-14-11-8-2/h11,14,17,20,23,26,28,30,51,54,60-61H,7-10,12-13,15-16,18-19,21-22,24-25,27,29,31-50,52-53,55-59H2,1-6H3,(H-,64,66,68,69)/b14-11+,20-17+,26-23+,30-28+,54-51+. The van der Waals surface area contributed by atoms with Crippen molar-refractivity contribution in [3.05, 3.63) is 60.8 Å². The van der Waals surface area contributed by atoms with Crippen LogP contribution in [0.5, 0.6) is 0 Å². The van der Waals surface area contributed by atoms with Gasteiger partial charge in [0.1, 0.15) is 19.3 Å². The zero-order chi connectivity index (χ0) is 53.6. The van der Waals surface area contributed by atoms with Crippen molar-refractivity contribution in [2.45, 2.75) is 290 Å². The number of ether oxygens (including phenoxy) is 1. The van der Waals surface area contributed by atoms with Crippen LogP contribution in [0.1, 0.15) is 278 Å². The first-order valence-corrected chi connectivity index (χ1v) is 32.1. The molecule has 0 fully saturated rings. The molecule has 0 saturated carbocycles. The van der Waals surface area contributed by atoms with Crippen molar-refractivity contribution in [2.75, 3.05) is 40.9 Å². The lowest BCUT2D eigenvalue weighted by Gasteiger charge is -2.30. The first-order chi connectivity index (χ1) is 35.4. The fourth-order valence-electron chi connectivity index (χ4n) is 8.75. The Morgan fingerprint density at radius 3 is 1.34 bits per heavy atom. The van der Waals surface area contributed by atoms with Gasteiger partial charge in [-0.3, -0.25) is 14.2 Å². The van der Waals surface area contributed by atoms with E-state index in [4.69, 9.17) is 13.8 Å². The molecule has 1 amide bonds. The Kier molecular flexibility index (Phi) is 51.5. The lowest BCUT2D eigenvalue weighted by molar-refractivity contribution is -0.870. The largest absolute Gasteiger partial charge is 0.756 e. The van der Waals surface area contributed by atoms with Gasteiger partial charge < -0.3 is 28.5 Å². The second kappa shape index (κ2) is 53.1. The van der Waals surface area contributed by atoms with E-state index in [9.17, 15) is 19.0 Å². The second-order valence-corrected chi connectivity index (χ2v) is 23.3. The predicted molar refractivity (Wildman–Crippen MR) is 312 cm³/mol. The van der Waals surface area contributed by atoms with Gasteiger partial charge in [-0.2, -0.15) is 0 Å². The van der Waals surface area contributed by atoms with Gasteiger partial charge in [0.25, 0.3) is 7.82 Å². The molecule has 0 spiro atoms. The van der Waals surface area contributed by atoms with Crippen LogP contribution in [0.25, 0.3) is 0 Å². The number of quaternary nitrogens is 1. The molecule has 0 aliphatic rings. The maximum absolute atomic E-state index is 13.5. The number of carbonyl (C=O) groups is 2. The predicted octanol–water partition coefficient (Wildman–Crippen LogP) is 18.0. The fraction of sp³-hybridized carbons (Fsp3) is 0.810. The number of hydrogen-bond acceptors (Lipinski definition) is 7. The van der Waals surface area contributed by atoms with Crippen LogP contribution in [0.15, 0.2) is 60.8 Å². The Balaban J connectivity index is 5.30. The number of allylic oxidation sites excluding steroid dienone is 9. The number of unbranched alkanes of at least 4 members (excludes halogenated alkanes) is 33. The van der Waals surface area contributed by atoms with Crippen molar-refractivity contribution in [3.8, 4) is 0 Å². The van der Waals surface area contributed by atoms with Crippen LogP contribution >= 0.6 is 7.82 Å². The summed E-state index contributed by atoms with van der Waals surface area (Å²) in [5, 5.41) is 3.02. The Hall–Kier alpha value is -2.29. The van der Waals surface area contributed by atoms with Crippen LogP contribution in [-0.2, 0) is 27.9 Å². The molecule has 426 valence electrons. The second-order valence-electron chi connectivity index (χ2n) is 21.9. The van der Waals surface area contributed by atoms with E-state index >= 15 is 0 Å². The van der Waals surface area contributed by atoms with Gasteiger partial charge in [0.15, 0.2) is 0 Å². The minimum Gasteiger partial charge on any atom is -0.756 e. The molecule has 0 aromatic carbocycles. The summed E-state index contributed by atoms with van der Waals surface area (Å²) < 4.78 is 30.3. The van der Waals surface area contributed by atoms with E-state index in [1.54, 1.807) is 0 Å². The van der Waals surface area contributed by atoms with Crippen molar-refractivity contribution in [1.29, 1.82) is 0 Å². The SMILES string of the molecule is CC/C=C/C=C/C=C/CCCCCCCCCC(=O)NC(COP(=O)([O-])OCC[N+](C)(C)C)C(/C=C/CCCCCCCCCCCCC)OC(=O)CCCCCCCCCCC/C=C/CCCCCCCC. The van der Waals surface area contributed by atoms with Gasteiger partial charge in [-0.1, -0.05) is 249 Å². The Labute approximate surface area is 451 Å². The lowest BCUT2D eigenvalue weighted by atomic mass is 10.0. The average molecular weight is 1050 g/mol. The molecule has 0 rings (SSSR count). The Morgan fingerprint density at radius 2 is 0.890 bits per heavy atom. The number of esters is 1. The number of carbonyl (C=O) groups excluding carboxylic acids is 2. The molecular weight excluding hydrogens is 928 g/mol. The number of nitrogens with one attached hydrogen (secondary N) is 1. The van der Waals surface area contributed by atoms with Crippen molar-refractivity contribution < 1.29 is 37.3 Å². The third-order valence-corrected chi connectivity index (χ3v) is 14.5. The van der Waals surface area contributed by atoms with Crippen molar-refractivity contribution in [2.24, 2.45) is 0 Å². The molecule has 0 aliphatic heterocycles. The number of hydrogen-bond donors (Lipinski definition) is 1. The molecule has 73 heavy (non-hydrogen) atoms. The number of amides is 1. The minimum atomic E-state index is -4.70. The highest BCUT2D eigenvalue weighted by Crippen LogP contribution is 2.38. The number of phosphoric acid groups is 1. The number of phosphoric ester groups is 1. The first kappa shape index (κ1) is 70.7. The maximum atomic E-state index is 13.5. The summed E-state index contributed by atoms with van der Waals surface area (Å²) in [5.74, 6) is -0.552. The van der Waals surface area contributed by atoms with Crippen LogP contribution < -0.4 is 10.2 Å². The van der Waals surface area contributed by atoms with Crippen LogP contribution in [0, 0.1) is 0 Å². The highest BCUT2D eigenvalue weighted by atomic mass is 31.2. The zero-order valence-corrected chi connectivity index (χ0v) is 49.5. The van der Waals surface area contributed by atoms with Gasteiger partial charge in [-0.05, 0) is 76.7 Å². The molecule has 0 saturated heterocycles. The molecular formula is C63H117N2O7P. The Bertz CT molecular complexity index is 1440. The Morgan fingerprint density at radius 1 is 0.493 bits per heavy atom. The summed E-state index contributed by atoms with van der Waals surface area (Å²) in [6, 6.07) is -0.896. The van der Waals surface area contributed by atoms with Crippen molar-refractivity contribution in [3.63, 3.8) is 0 Å². The molecule has 1 N–H and O–H groups in total. The van der Waals surface area contributed by atoms with E-state index in [0.29, 0.717) is 17.4 Å². The smallest absolute Gasteiger partial charge is 0.306 e. The normalized spacial score (nSPS) is 14.1. The topological polar surface area (TPSA) is 114 Å².